The lowest BCUT2D eigenvalue weighted by Gasteiger charge is -2.14. The van der Waals surface area contributed by atoms with Gasteiger partial charge in [-0.15, -0.1) is 11.3 Å². The van der Waals surface area contributed by atoms with Crippen molar-refractivity contribution in [2.45, 2.75) is 46.6 Å². The van der Waals surface area contributed by atoms with Gasteiger partial charge in [-0.25, -0.2) is 15.2 Å². The molecule has 0 aliphatic carbocycles. The van der Waals surface area contributed by atoms with Gasteiger partial charge in [0.2, 0.25) is 0 Å². The summed E-state index contributed by atoms with van der Waals surface area (Å²) in [5.41, 5.74) is 6.37. The van der Waals surface area contributed by atoms with Gasteiger partial charge >= 0.3 is 6.09 Å². The SMILES string of the molecule is CC.CC(C)(C)c1csc(-c2ccc(/C=N\NC(=O)OCc3ccccc3)cc2)n1. The van der Waals surface area contributed by atoms with Gasteiger partial charge in [0.1, 0.15) is 11.6 Å². The molecular formula is C24H29N3O2S. The van der Waals surface area contributed by atoms with Crippen LogP contribution in [0.2, 0.25) is 0 Å². The number of nitrogens with zero attached hydrogens (tertiary/aromatic N) is 2. The number of hydrogen-bond donors (Lipinski definition) is 1. The molecule has 3 rings (SSSR count). The van der Waals surface area contributed by atoms with Crippen LogP contribution in [0.25, 0.3) is 10.6 Å². The lowest BCUT2D eigenvalue weighted by Crippen LogP contribution is -2.18. The molecule has 0 spiro atoms. The van der Waals surface area contributed by atoms with Crippen molar-refractivity contribution in [3.8, 4) is 10.6 Å². The third-order valence-electron chi connectivity index (χ3n) is 4.01. The number of rotatable bonds is 5. The molecule has 0 atom stereocenters. The van der Waals surface area contributed by atoms with E-state index in [0.717, 1.165) is 27.4 Å². The Morgan fingerprint density at radius 2 is 1.77 bits per heavy atom. The Balaban J connectivity index is 0.00000155. The molecule has 1 amide bonds. The summed E-state index contributed by atoms with van der Waals surface area (Å²) in [6.45, 7) is 10.7. The molecule has 2 aromatic carbocycles. The van der Waals surface area contributed by atoms with Crippen LogP contribution in [-0.4, -0.2) is 17.3 Å². The third-order valence-corrected chi connectivity index (χ3v) is 4.90. The molecule has 0 aliphatic heterocycles. The summed E-state index contributed by atoms with van der Waals surface area (Å²) in [5.74, 6) is 0. The predicted molar refractivity (Wildman–Crippen MR) is 125 cm³/mol. The number of thiazole rings is 1. The highest BCUT2D eigenvalue weighted by molar-refractivity contribution is 7.13. The number of hydrogen-bond acceptors (Lipinski definition) is 5. The van der Waals surface area contributed by atoms with Crippen molar-refractivity contribution in [1.29, 1.82) is 0 Å². The van der Waals surface area contributed by atoms with E-state index >= 15 is 0 Å². The van der Waals surface area contributed by atoms with E-state index < -0.39 is 6.09 Å². The number of carbonyl (C=O) groups is 1. The molecule has 0 unspecified atom stereocenters. The molecule has 30 heavy (non-hydrogen) atoms. The second-order valence-corrected chi connectivity index (χ2v) is 8.20. The number of carbonyl (C=O) groups excluding carboxylic acids is 1. The number of ether oxygens (including phenoxy) is 1. The van der Waals surface area contributed by atoms with Crippen LogP contribution < -0.4 is 5.43 Å². The molecule has 1 heterocycles. The van der Waals surface area contributed by atoms with Crippen molar-refractivity contribution in [3.63, 3.8) is 0 Å². The van der Waals surface area contributed by atoms with Gasteiger partial charge in [-0.2, -0.15) is 5.10 Å². The summed E-state index contributed by atoms with van der Waals surface area (Å²) in [6, 6.07) is 17.4. The zero-order valence-electron chi connectivity index (χ0n) is 18.2. The van der Waals surface area contributed by atoms with Crippen molar-refractivity contribution in [3.05, 3.63) is 76.8 Å². The van der Waals surface area contributed by atoms with E-state index in [1.807, 2.05) is 68.4 Å². The van der Waals surface area contributed by atoms with Gasteiger partial charge in [0.25, 0.3) is 0 Å². The molecule has 158 valence electrons. The minimum absolute atomic E-state index is 0.0438. The van der Waals surface area contributed by atoms with Crippen LogP contribution in [0.5, 0.6) is 0 Å². The van der Waals surface area contributed by atoms with E-state index in [1.54, 1.807) is 17.6 Å². The maximum atomic E-state index is 11.7. The molecule has 1 N–H and O–H groups in total. The molecule has 6 heteroatoms. The summed E-state index contributed by atoms with van der Waals surface area (Å²) >= 11 is 1.64. The monoisotopic (exact) mass is 423 g/mol. The zero-order chi connectivity index (χ0) is 22.0. The Morgan fingerprint density at radius 1 is 1.10 bits per heavy atom. The van der Waals surface area contributed by atoms with E-state index in [9.17, 15) is 4.79 Å². The van der Waals surface area contributed by atoms with E-state index in [2.05, 4.69) is 36.7 Å². The first-order valence-electron chi connectivity index (χ1n) is 9.98. The molecule has 0 saturated heterocycles. The van der Waals surface area contributed by atoms with Gasteiger partial charge in [-0.3, -0.25) is 0 Å². The number of amides is 1. The fourth-order valence-corrected chi connectivity index (χ4v) is 3.43. The van der Waals surface area contributed by atoms with Crippen LogP contribution in [0.3, 0.4) is 0 Å². The fourth-order valence-electron chi connectivity index (χ4n) is 2.38. The lowest BCUT2D eigenvalue weighted by molar-refractivity contribution is 0.140. The second kappa shape index (κ2) is 11.3. The average molecular weight is 424 g/mol. The van der Waals surface area contributed by atoms with Gasteiger partial charge in [-0.1, -0.05) is 89.2 Å². The van der Waals surface area contributed by atoms with Gasteiger partial charge in [0, 0.05) is 16.4 Å². The molecule has 0 radical (unpaired) electrons. The van der Waals surface area contributed by atoms with Gasteiger partial charge in [0.15, 0.2) is 0 Å². The van der Waals surface area contributed by atoms with Crippen molar-refractivity contribution in [1.82, 2.24) is 10.4 Å². The molecule has 0 aliphatic rings. The molecule has 3 aromatic rings. The summed E-state index contributed by atoms with van der Waals surface area (Å²) < 4.78 is 5.10. The van der Waals surface area contributed by atoms with E-state index in [1.165, 1.54) is 0 Å². The largest absolute Gasteiger partial charge is 0.443 e. The number of aromatic nitrogens is 1. The Hall–Kier alpha value is -2.99. The van der Waals surface area contributed by atoms with E-state index in [-0.39, 0.29) is 12.0 Å². The molecule has 0 bridgehead atoms. The first-order valence-corrected chi connectivity index (χ1v) is 10.9. The summed E-state index contributed by atoms with van der Waals surface area (Å²) in [4.78, 5) is 16.4. The van der Waals surface area contributed by atoms with Crippen LogP contribution in [0, 0.1) is 0 Å². The minimum atomic E-state index is -0.589. The smallest absolute Gasteiger partial charge is 0.428 e. The van der Waals surface area contributed by atoms with Crippen LogP contribution in [-0.2, 0) is 16.8 Å². The Labute approximate surface area is 182 Å². The van der Waals surface area contributed by atoms with Gasteiger partial charge < -0.3 is 4.74 Å². The van der Waals surface area contributed by atoms with Crippen molar-refractivity contribution >= 4 is 23.6 Å². The predicted octanol–water partition coefficient (Wildman–Crippen LogP) is 6.39. The Kier molecular flexibility index (Phi) is 8.74. The van der Waals surface area contributed by atoms with Crippen LogP contribution in [0.4, 0.5) is 4.79 Å². The maximum Gasteiger partial charge on any atom is 0.428 e. The highest BCUT2D eigenvalue weighted by Crippen LogP contribution is 2.29. The molecule has 5 nitrogen and oxygen atoms in total. The normalized spacial score (nSPS) is 11.0. The Morgan fingerprint density at radius 3 is 2.37 bits per heavy atom. The van der Waals surface area contributed by atoms with Crippen molar-refractivity contribution in [2.75, 3.05) is 0 Å². The standard InChI is InChI=1S/C22H23N3O2S.C2H6/c1-22(2,3)19-15-28-20(24-19)18-11-9-16(10-12-18)13-23-25-21(26)27-14-17-7-5-4-6-8-17;1-2/h4-13,15H,14H2,1-3H3,(H,25,26);1-2H3/b23-13-;. The van der Waals surface area contributed by atoms with Crippen molar-refractivity contribution in [2.24, 2.45) is 5.10 Å². The number of benzene rings is 2. The minimum Gasteiger partial charge on any atom is -0.443 e. The third kappa shape index (κ3) is 7.12. The first kappa shape index (κ1) is 23.3. The molecule has 0 saturated carbocycles. The Bertz CT molecular complexity index is 943. The first-order chi connectivity index (χ1) is 14.4. The number of nitrogens with one attached hydrogen (secondary N) is 1. The van der Waals surface area contributed by atoms with E-state index in [4.69, 9.17) is 9.72 Å². The summed E-state index contributed by atoms with van der Waals surface area (Å²) in [7, 11) is 0. The zero-order valence-corrected chi connectivity index (χ0v) is 19.0. The summed E-state index contributed by atoms with van der Waals surface area (Å²) in [5, 5.41) is 7.03. The topological polar surface area (TPSA) is 63.6 Å². The molecular weight excluding hydrogens is 394 g/mol. The maximum absolute atomic E-state index is 11.7. The van der Waals surface area contributed by atoms with Crippen LogP contribution in [0.15, 0.2) is 65.1 Å². The summed E-state index contributed by atoms with van der Waals surface area (Å²) in [6.07, 6.45) is 0.991. The van der Waals surface area contributed by atoms with E-state index in [0.29, 0.717) is 0 Å². The average Bonchev–Trinajstić information content (AvgIpc) is 3.26. The van der Waals surface area contributed by atoms with Gasteiger partial charge in [0.05, 0.1) is 11.9 Å². The highest BCUT2D eigenvalue weighted by Gasteiger charge is 2.17. The van der Waals surface area contributed by atoms with Crippen LogP contribution >= 0.6 is 11.3 Å². The van der Waals surface area contributed by atoms with Crippen molar-refractivity contribution < 1.29 is 9.53 Å². The molecule has 1 aromatic heterocycles. The fraction of sp³-hybridized carbons (Fsp3) is 0.292. The van der Waals surface area contributed by atoms with Gasteiger partial charge in [-0.05, 0) is 11.1 Å². The quantitative estimate of drug-likeness (QED) is 0.382. The highest BCUT2D eigenvalue weighted by atomic mass is 32.1. The molecule has 0 fully saturated rings. The van der Waals surface area contributed by atoms with Crippen LogP contribution in [0.1, 0.15) is 51.4 Å². The second-order valence-electron chi connectivity index (χ2n) is 7.34. The lowest BCUT2D eigenvalue weighted by atomic mass is 9.93. The number of hydrazone groups is 1.